The first kappa shape index (κ1) is 15.0. The molecule has 0 spiro atoms. The van der Waals surface area contributed by atoms with Gasteiger partial charge in [-0.2, -0.15) is 15.6 Å². The third-order valence-corrected chi connectivity index (χ3v) is 2.86. The number of allylic oxidation sites excluding steroid dienone is 1. The van der Waals surface area contributed by atoms with Crippen LogP contribution in [0.1, 0.15) is 39.7 Å². The van der Waals surface area contributed by atoms with Gasteiger partial charge >= 0.3 is 0 Å². The van der Waals surface area contributed by atoms with E-state index in [-0.39, 0.29) is 5.54 Å². The van der Waals surface area contributed by atoms with Gasteiger partial charge in [0, 0.05) is 12.6 Å². The van der Waals surface area contributed by atoms with Crippen molar-refractivity contribution in [2.75, 3.05) is 0 Å². The van der Waals surface area contributed by atoms with Crippen LogP contribution >= 0.6 is 0 Å². The average Bonchev–Trinajstić information content (AvgIpc) is 2.75. The second-order valence-electron chi connectivity index (χ2n) is 6.08. The highest BCUT2D eigenvalue weighted by Gasteiger charge is 2.31. The molecule has 0 aliphatic heterocycles. The van der Waals surface area contributed by atoms with Gasteiger partial charge in [0.1, 0.15) is 0 Å². The van der Waals surface area contributed by atoms with Crippen molar-refractivity contribution < 1.29 is 0 Å². The molecule has 0 bridgehead atoms. The SMILES string of the molecule is C=C(C)CC(C#N)(C#N)Cc1cnn(C(C)(C)C)c1. The fourth-order valence-corrected chi connectivity index (χ4v) is 1.93. The van der Waals surface area contributed by atoms with Gasteiger partial charge in [-0.3, -0.25) is 4.68 Å². The zero-order chi connectivity index (χ0) is 14.7. The summed E-state index contributed by atoms with van der Waals surface area (Å²) in [7, 11) is 0. The van der Waals surface area contributed by atoms with Crippen molar-refractivity contribution >= 4 is 0 Å². The Labute approximate surface area is 115 Å². The van der Waals surface area contributed by atoms with Gasteiger partial charge in [0.25, 0.3) is 0 Å². The molecule has 100 valence electrons. The van der Waals surface area contributed by atoms with E-state index in [1.165, 1.54) is 0 Å². The van der Waals surface area contributed by atoms with Gasteiger partial charge in [0.05, 0.1) is 23.9 Å². The largest absolute Gasteiger partial charge is 0.267 e. The molecule has 1 heterocycles. The van der Waals surface area contributed by atoms with Crippen molar-refractivity contribution in [3.8, 4) is 12.1 Å². The Balaban J connectivity index is 3.00. The van der Waals surface area contributed by atoms with Gasteiger partial charge in [0.2, 0.25) is 0 Å². The maximum atomic E-state index is 9.31. The molecule has 0 aliphatic carbocycles. The molecule has 0 radical (unpaired) electrons. The number of rotatable bonds is 4. The summed E-state index contributed by atoms with van der Waals surface area (Å²) in [4.78, 5) is 0. The first-order chi connectivity index (χ1) is 8.72. The molecule has 0 saturated carbocycles. The van der Waals surface area contributed by atoms with E-state index in [9.17, 15) is 10.5 Å². The van der Waals surface area contributed by atoms with E-state index in [2.05, 4.69) is 44.6 Å². The topological polar surface area (TPSA) is 65.4 Å². The second-order valence-corrected chi connectivity index (χ2v) is 6.08. The highest BCUT2D eigenvalue weighted by molar-refractivity contribution is 5.24. The van der Waals surface area contributed by atoms with Gasteiger partial charge in [0.15, 0.2) is 5.41 Å². The summed E-state index contributed by atoms with van der Waals surface area (Å²) in [6, 6.07) is 4.27. The van der Waals surface area contributed by atoms with Crippen molar-refractivity contribution in [3.63, 3.8) is 0 Å². The molecule has 0 fully saturated rings. The van der Waals surface area contributed by atoms with E-state index >= 15 is 0 Å². The van der Waals surface area contributed by atoms with Gasteiger partial charge in [-0.15, -0.1) is 6.58 Å². The zero-order valence-electron chi connectivity index (χ0n) is 12.1. The fourth-order valence-electron chi connectivity index (χ4n) is 1.93. The van der Waals surface area contributed by atoms with E-state index < -0.39 is 5.41 Å². The maximum Gasteiger partial charge on any atom is 0.151 e. The van der Waals surface area contributed by atoms with Gasteiger partial charge < -0.3 is 0 Å². The smallest absolute Gasteiger partial charge is 0.151 e. The average molecular weight is 256 g/mol. The molecule has 0 aromatic carbocycles. The molecule has 0 aliphatic rings. The van der Waals surface area contributed by atoms with Crippen LogP contribution in [0.15, 0.2) is 24.5 Å². The molecule has 19 heavy (non-hydrogen) atoms. The number of hydrogen-bond acceptors (Lipinski definition) is 3. The summed E-state index contributed by atoms with van der Waals surface area (Å²) in [5.74, 6) is 0. The standard InChI is InChI=1S/C15H20N4/c1-12(2)6-15(10-16,11-17)7-13-8-18-19(9-13)14(3,4)5/h8-9H,1,6-7H2,2-5H3. The van der Waals surface area contributed by atoms with E-state index in [0.717, 1.165) is 11.1 Å². The highest BCUT2D eigenvalue weighted by Crippen LogP contribution is 2.29. The number of nitriles is 2. The molecule has 1 rings (SSSR count). The minimum absolute atomic E-state index is 0.103. The number of hydrogen-bond donors (Lipinski definition) is 0. The van der Waals surface area contributed by atoms with E-state index in [1.54, 1.807) is 6.20 Å². The molecule has 1 aromatic heterocycles. The fraction of sp³-hybridized carbons (Fsp3) is 0.533. The summed E-state index contributed by atoms with van der Waals surface area (Å²) < 4.78 is 1.85. The van der Waals surface area contributed by atoms with Crippen LogP contribution in [0.3, 0.4) is 0 Å². The maximum absolute atomic E-state index is 9.31. The van der Waals surface area contributed by atoms with Crippen molar-refractivity contribution in [1.29, 1.82) is 10.5 Å². The van der Waals surface area contributed by atoms with Crippen molar-refractivity contribution in [1.82, 2.24) is 9.78 Å². The van der Waals surface area contributed by atoms with E-state index in [0.29, 0.717) is 12.8 Å². The molecule has 0 unspecified atom stereocenters. The zero-order valence-corrected chi connectivity index (χ0v) is 12.1. The Morgan fingerprint density at radius 1 is 1.37 bits per heavy atom. The molecule has 4 heteroatoms. The molecule has 0 amide bonds. The second kappa shape index (κ2) is 5.28. The lowest BCUT2D eigenvalue weighted by atomic mass is 9.80. The molecule has 4 nitrogen and oxygen atoms in total. The van der Waals surface area contributed by atoms with Crippen LogP contribution in [0.2, 0.25) is 0 Å². The quantitative estimate of drug-likeness (QED) is 0.777. The molecular formula is C15H20N4. The highest BCUT2D eigenvalue weighted by atomic mass is 15.3. The van der Waals surface area contributed by atoms with Crippen molar-refractivity contribution in [2.45, 2.75) is 46.1 Å². The van der Waals surface area contributed by atoms with Crippen LogP contribution in [0.5, 0.6) is 0 Å². The summed E-state index contributed by atoms with van der Waals surface area (Å²) in [6.07, 6.45) is 4.40. The molecule has 0 N–H and O–H groups in total. The van der Waals surface area contributed by atoms with Gasteiger partial charge in [-0.25, -0.2) is 0 Å². The van der Waals surface area contributed by atoms with Crippen LogP contribution in [0.4, 0.5) is 0 Å². The Bertz CT molecular complexity index is 532. The first-order valence-electron chi connectivity index (χ1n) is 6.23. The summed E-state index contributed by atoms with van der Waals surface area (Å²) in [6.45, 7) is 11.8. The van der Waals surface area contributed by atoms with Crippen LogP contribution in [-0.2, 0) is 12.0 Å². The Hall–Kier alpha value is -2.07. The number of aromatic nitrogens is 2. The summed E-state index contributed by atoms with van der Waals surface area (Å²) in [5.41, 5.74) is 0.595. The normalized spacial score (nSPS) is 11.7. The molecular weight excluding hydrogens is 236 g/mol. The van der Waals surface area contributed by atoms with Crippen LogP contribution < -0.4 is 0 Å². The monoisotopic (exact) mass is 256 g/mol. The first-order valence-corrected chi connectivity index (χ1v) is 6.23. The van der Waals surface area contributed by atoms with E-state index in [4.69, 9.17) is 0 Å². The lowest BCUT2D eigenvalue weighted by Crippen LogP contribution is -2.22. The third kappa shape index (κ3) is 3.69. The summed E-state index contributed by atoms with van der Waals surface area (Å²) in [5, 5.41) is 22.9. The summed E-state index contributed by atoms with van der Waals surface area (Å²) >= 11 is 0. The lowest BCUT2D eigenvalue weighted by molar-refractivity contribution is 0.355. The minimum Gasteiger partial charge on any atom is -0.267 e. The Morgan fingerprint density at radius 3 is 2.32 bits per heavy atom. The van der Waals surface area contributed by atoms with Crippen LogP contribution in [0, 0.1) is 28.1 Å². The Morgan fingerprint density at radius 2 is 1.95 bits per heavy atom. The predicted molar refractivity (Wildman–Crippen MR) is 74.0 cm³/mol. The Kier molecular flexibility index (Phi) is 4.17. The molecule has 0 atom stereocenters. The van der Waals surface area contributed by atoms with E-state index in [1.807, 2.05) is 17.8 Å². The van der Waals surface area contributed by atoms with Gasteiger partial charge in [-0.05, 0) is 39.7 Å². The van der Waals surface area contributed by atoms with Crippen LogP contribution in [0.25, 0.3) is 0 Å². The van der Waals surface area contributed by atoms with Crippen molar-refractivity contribution in [3.05, 3.63) is 30.1 Å². The van der Waals surface area contributed by atoms with Crippen molar-refractivity contribution in [2.24, 2.45) is 5.41 Å². The molecule has 0 saturated heterocycles. The minimum atomic E-state index is -1.04. The van der Waals surface area contributed by atoms with Gasteiger partial charge in [-0.1, -0.05) is 5.57 Å². The number of nitrogens with zero attached hydrogens (tertiary/aromatic N) is 4. The van der Waals surface area contributed by atoms with Crippen LogP contribution in [-0.4, -0.2) is 9.78 Å². The third-order valence-electron chi connectivity index (χ3n) is 2.86. The lowest BCUT2D eigenvalue weighted by Gasteiger charge is -2.19. The predicted octanol–water partition coefficient (Wildman–Crippen LogP) is 3.18. The molecule has 1 aromatic rings.